The summed E-state index contributed by atoms with van der Waals surface area (Å²) >= 11 is 0. The minimum Gasteiger partial charge on any atom is -0.509 e. The lowest BCUT2D eigenvalue weighted by molar-refractivity contribution is -0.0188. The second-order valence-corrected chi connectivity index (χ2v) is 18.4. The molecule has 16 N–H and O–H groups in total. The molecular weight excluding hydrogens is 925 g/mol. The molecule has 1 aliphatic carbocycles. The molecule has 0 radical (unpaired) electrons. The van der Waals surface area contributed by atoms with E-state index in [-0.39, 0.29) is 75.4 Å². The zero-order valence-electron chi connectivity index (χ0n) is 40.1. The van der Waals surface area contributed by atoms with Gasteiger partial charge in [0, 0.05) is 65.0 Å². The van der Waals surface area contributed by atoms with Crippen molar-refractivity contribution < 1.29 is 91.2 Å². The Labute approximate surface area is 410 Å². The molecule has 0 aromatic heterocycles. The highest BCUT2D eigenvalue weighted by Crippen LogP contribution is 2.58. The van der Waals surface area contributed by atoms with Gasteiger partial charge in [-0.25, -0.2) is 0 Å². The minimum atomic E-state index is -2.13. The highest BCUT2D eigenvalue weighted by molar-refractivity contribution is 5.61. The van der Waals surface area contributed by atoms with Crippen molar-refractivity contribution in [2.75, 3.05) is 13.2 Å². The molecule has 18 heteroatoms. The van der Waals surface area contributed by atoms with E-state index in [1.54, 1.807) is 13.8 Å². The largest absolute Gasteiger partial charge is 0.509 e. The van der Waals surface area contributed by atoms with Gasteiger partial charge in [-0.2, -0.15) is 0 Å². The number of fused-ring (bicyclic) bond motifs is 1. The van der Waals surface area contributed by atoms with Gasteiger partial charge in [0.15, 0.2) is 34.7 Å². The van der Waals surface area contributed by atoms with Gasteiger partial charge in [0.05, 0.1) is 19.3 Å². The number of rotatable bonds is 11. The smallest absolute Gasteiger partial charge is 0.157 e. The molecule has 3 aliphatic rings. The Balaban J connectivity index is 0.000000472. The SMILES string of the molecule is C/C=C(/C)C=CC/C(O)=C(\C)O.CC(C)(c1c(O)ccc(CC2(O)C(O)=CC3=C2CC(CO)C(c2ccc(O)c(O)c2)O3)c1O)C1c2c(O)cc(O)cc2OC(c2ccc(O)c(O)c2)C1O.CC(O)CO. The molecule has 0 bridgehead atoms. The van der Waals surface area contributed by atoms with Crippen molar-refractivity contribution in [1.82, 2.24) is 0 Å². The van der Waals surface area contributed by atoms with Crippen molar-refractivity contribution in [3.8, 4) is 51.7 Å². The van der Waals surface area contributed by atoms with Gasteiger partial charge >= 0.3 is 0 Å². The van der Waals surface area contributed by atoms with Crippen LogP contribution >= 0.6 is 0 Å². The third-order valence-corrected chi connectivity index (χ3v) is 12.8. The number of aromatic hydroxyl groups is 8. The molecule has 0 amide bonds. The molecule has 0 spiro atoms. The Bertz CT molecular complexity index is 2730. The molecule has 18 nitrogen and oxygen atoms in total. The quantitative estimate of drug-likeness (QED) is 0.0400. The number of aliphatic hydroxyl groups is 8. The topological polar surface area (TPSA) is 342 Å². The summed E-state index contributed by atoms with van der Waals surface area (Å²) in [5, 5.41) is 164. The van der Waals surface area contributed by atoms with E-state index in [1.807, 2.05) is 32.1 Å². The van der Waals surface area contributed by atoms with Crippen LogP contribution in [0, 0.1) is 5.92 Å². The van der Waals surface area contributed by atoms with Crippen molar-refractivity contribution in [3.05, 3.63) is 147 Å². The molecule has 7 rings (SSSR count). The number of hydrogen-bond donors (Lipinski definition) is 16. The van der Waals surface area contributed by atoms with Crippen LogP contribution in [0.25, 0.3) is 0 Å². The maximum absolute atomic E-state index is 12.1. The molecule has 0 fully saturated rings. The Kier molecular flexibility index (Phi) is 17.1. The van der Waals surface area contributed by atoms with Gasteiger partial charge in [-0.15, -0.1) is 0 Å². The maximum Gasteiger partial charge on any atom is 0.157 e. The van der Waals surface area contributed by atoms with E-state index in [1.165, 1.54) is 74.5 Å². The average molecular weight is 989 g/mol. The number of phenolic OH excluding ortho intramolecular Hbond substituents is 8. The fourth-order valence-electron chi connectivity index (χ4n) is 8.84. The lowest BCUT2D eigenvalue weighted by Crippen LogP contribution is -2.43. The predicted molar refractivity (Wildman–Crippen MR) is 260 cm³/mol. The monoisotopic (exact) mass is 988 g/mol. The zero-order valence-corrected chi connectivity index (χ0v) is 40.1. The molecule has 7 atom stereocenters. The van der Waals surface area contributed by atoms with E-state index in [9.17, 15) is 61.3 Å². The van der Waals surface area contributed by atoms with Crippen LogP contribution in [0.15, 0.2) is 119 Å². The Morgan fingerprint density at radius 1 is 0.789 bits per heavy atom. The number of allylic oxidation sites excluding steroid dienone is 6. The summed E-state index contributed by atoms with van der Waals surface area (Å²) < 4.78 is 12.2. The summed E-state index contributed by atoms with van der Waals surface area (Å²) in [7, 11) is 0. The van der Waals surface area contributed by atoms with Gasteiger partial charge in [0.2, 0.25) is 0 Å². The zero-order chi connectivity index (χ0) is 52.9. The summed E-state index contributed by atoms with van der Waals surface area (Å²) in [6.45, 7) is 9.56. The predicted octanol–water partition coefficient (Wildman–Crippen LogP) is 7.25. The van der Waals surface area contributed by atoms with Gasteiger partial charge in [0.1, 0.15) is 64.0 Å². The summed E-state index contributed by atoms with van der Waals surface area (Å²) in [6, 6.07) is 12.8. The normalized spacial score (nSPS) is 22.6. The van der Waals surface area contributed by atoms with E-state index < -0.39 is 101 Å². The highest BCUT2D eigenvalue weighted by atomic mass is 16.5. The van der Waals surface area contributed by atoms with Crippen LogP contribution in [-0.2, 0) is 16.6 Å². The summed E-state index contributed by atoms with van der Waals surface area (Å²) in [5.41, 5.74) is -1.59. The fourth-order valence-corrected chi connectivity index (χ4v) is 8.84. The van der Waals surface area contributed by atoms with Gasteiger partial charge in [0.25, 0.3) is 0 Å². The number of benzene rings is 4. The van der Waals surface area contributed by atoms with E-state index in [4.69, 9.17) is 29.9 Å². The van der Waals surface area contributed by atoms with Crippen LogP contribution in [0.2, 0.25) is 0 Å². The first-order valence-corrected chi connectivity index (χ1v) is 22.6. The van der Waals surface area contributed by atoms with Crippen LogP contribution < -0.4 is 4.74 Å². The molecule has 4 aromatic carbocycles. The Morgan fingerprint density at radius 3 is 1.90 bits per heavy atom. The summed E-state index contributed by atoms with van der Waals surface area (Å²) in [5.74, 6) is -5.61. The number of ether oxygens (including phenoxy) is 2. The average Bonchev–Trinajstić information content (AvgIpc) is 3.55. The van der Waals surface area contributed by atoms with Crippen LogP contribution in [0.5, 0.6) is 51.7 Å². The number of aliphatic hydroxyl groups excluding tert-OH is 7. The fraction of sp³-hybridized carbons (Fsp3) is 0.358. The molecule has 2 aliphatic heterocycles. The Hall–Kier alpha value is -7.22. The molecule has 7 unspecified atom stereocenters. The van der Waals surface area contributed by atoms with E-state index in [2.05, 4.69) is 0 Å². The Morgan fingerprint density at radius 2 is 1.37 bits per heavy atom. The van der Waals surface area contributed by atoms with Crippen molar-refractivity contribution >= 4 is 0 Å². The second-order valence-electron chi connectivity index (χ2n) is 18.4. The highest BCUT2D eigenvalue weighted by Gasteiger charge is 2.52. The molecule has 384 valence electrons. The van der Waals surface area contributed by atoms with E-state index in [0.29, 0.717) is 12.0 Å². The van der Waals surface area contributed by atoms with E-state index >= 15 is 0 Å². The molecule has 2 heterocycles. The van der Waals surface area contributed by atoms with Gasteiger partial charge in [-0.3, -0.25) is 0 Å². The molecule has 0 saturated heterocycles. The van der Waals surface area contributed by atoms with Crippen LogP contribution in [0.4, 0.5) is 0 Å². The summed E-state index contributed by atoms with van der Waals surface area (Å²) in [6.07, 6.45) is 2.74. The number of phenols is 8. The van der Waals surface area contributed by atoms with Gasteiger partial charge < -0.3 is 91.2 Å². The van der Waals surface area contributed by atoms with Crippen LogP contribution in [-0.4, -0.2) is 113 Å². The van der Waals surface area contributed by atoms with E-state index in [0.717, 1.165) is 11.6 Å². The lowest BCUT2D eigenvalue weighted by atomic mass is 9.64. The van der Waals surface area contributed by atoms with Crippen LogP contribution in [0.3, 0.4) is 0 Å². The van der Waals surface area contributed by atoms with Crippen molar-refractivity contribution in [1.29, 1.82) is 0 Å². The third kappa shape index (κ3) is 11.7. The molecule has 0 saturated carbocycles. The van der Waals surface area contributed by atoms with Crippen LogP contribution in [0.1, 0.15) is 100 Å². The lowest BCUT2D eigenvalue weighted by Gasteiger charge is -2.45. The van der Waals surface area contributed by atoms with Gasteiger partial charge in [-0.1, -0.05) is 55.8 Å². The number of hydrogen-bond acceptors (Lipinski definition) is 18. The first kappa shape index (κ1) is 54.7. The molecule has 71 heavy (non-hydrogen) atoms. The maximum atomic E-state index is 12.1. The first-order chi connectivity index (χ1) is 33.3. The van der Waals surface area contributed by atoms with Crippen molar-refractivity contribution in [2.45, 2.75) is 102 Å². The summed E-state index contributed by atoms with van der Waals surface area (Å²) in [4.78, 5) is 0. The minimum absolute atomic E-state index is 0.0159. The molecule has 4 aromatic rings. The standard InChI is InChI=1S/C40H40O14.C10H16O2.C3H8O2/c1-39(2,34-32-28(48)12-21(42)13-30(32)54-38(36(34)51)18-4-7-24(44)27(47)11-18)33-25(45)8-5-19(35(33)50)15-40(52)22-9-20(16-41)37(53-29(22)14-31(40)49)17-3-6-23(43)26(46)10-17;1-4-8(2)6-5-7-10(12)9(3)11;1-3(5)2-4/h3-8,10-14,20,34,36-38,41-52H,9,15-16H2,1-2H3;4-6,11-12H,7H2,1-3H3;3-5H,2H2,1H3/b;6-5?,8-4-,10-9-;. The van der Waals surface area contributed by atoms with Crippen molar-refractivity contribution in [3.63, 3.8) is 0 Å². The molecular formula is C53H64O18. The third-order valence-electron chi connectivity index (χ3n) is 12.8. The first-order valence-electron chi connectivity index (χ1n) is 22.6. The second kappa shape index (κ2) is 22.2. The van der Waals surface area contributed by atoms with Gasteiger partial charge in [-0.05, 0) is 81.1 Å². The van der Waals surface area contributed by atoms with Crippen molar-refractivity contribution in [2.24, 2.45) is 5.92 Å².